The van der Waals surface area contributed by atoms with Crippen molar-refractivity contribution in [1.29, 1.82) is 0 Å². The quantitative estimate of drug-likeness (QED) is 0.0252. The summed E-state index contributed by atoms with van der Waals surface area (Å²) >= 11 is 0. The lowest BCUT2D eigenvalue weighted by Gasteiger charge is -2.31. The van der Waals surface area contributed by atoms with Gasteiger partial charge < -0.3 is 115 Å². The van der Waals surface area contributed by atoms with Crippen molar-refractivity contribution in [2.24, 2.45) is 23.5 Å². The first kappa shape index (κ1) is 97.3. The van der Waals surface area contributed by atoms with Gasteiger partial charge in [0, 0.05) is 32.2 Å². The lowest BCUT2D eigenvalue weighted by atomic mass is 10.0. The predicted octanol–water partition coefficient (Wildman–Crippen LogP) is -5.00. The third-order valence-corrected chi connectivity index (χ3v) is 18.5. The number of hydrogen-bond donors (Lipinski definition) is 21. The number of benzene rings is 3. The summed E-state index contributed by atoms with van der Waals surface area (Å²) in [6.07, 6.45) is -9.31. The van der Waals surface area contributed by atoms with Crippen LogP contribution in [0.25, 0.3) is 0 Å². The molecule has 642 valence electrons. The van der Waals surface area contributed by atoms with Crippen LogP contribution in [0.15, 0.2) is 91.0 Å². The van der Waals surface area contributed by atoms with Gasteiger partial charge in [-0.05, 0) is 80.9 Å². The summed E-state index contributed by atoms with van der Waals surface area (Å²) < 4.78 is 0. The van der Waals surface area contributed by atoms with Gasteiger partial charge >= 0.3 is 23.9 Å². The van der Waals surface area contributed by atoms with Gasteiger partial charge in [0.05, 0.1) is 44.2 Å². The molecular formula is C77H109N15O25. The van der Waals surface area contributed by atoms with Crippen LogP contribution in [0.4, 0.5) is 0 Å². The number of nitrogens with one attached hydrogen (secondary N) is 13. The Morgan fingerprint density at radius 2 is 0.752 bits per heavy atom. The lowest BCUT2D eigenvalue weighted by molar-refractivity contribution is -0.145. The van der Waals surface area contributed by atoms with E-state index in [1.807, 2.05) is 0 Å². The van der Waals surface area contributed by atoms with E-state index in [2.05, 4.69) is 69.1 Å². The molecule has 40 heteroatoms. The van der Waals surface area contributed by atoms with Crippen molar-refractivity contribution in [3.05, 3.63) is 108 Å². The van der Waals surface area contributed by atoms with Gasteiger partial charge in [-0.1, -0.05) is 133 Å². The summed E-state index contributed by atoms with van der Waals surface area (Å²) in [5.41, 5.74) is 7.04. The number of aliphatic hydroxyl groups is 3. The molecule has 1 fully saturated rings. The Morgan fingerprint density at radius 1 is 0.393 bits per heavy atom. The predicted molar refractivity (Wildman–Crippen MR) is 414 cm³/mol. The molecule has 22 N–H and O–H groups in total. The number of likely N-dealkylation sites (tertiary alicyclic amines) is 1. The molecule has 1 saturated heterocycles. The molecule has 117 heavy (non-hydrogen) atoms. The Bertz CT molecular complexity index is 3960. The molecule has 0 saturated carbocycles. The van der Waals surface area contributed by atoms with E-state index in [9.17, 15) is 122 Å². The van der Waals surface area contributed by atoms with Crippen molar-refractivity contribution >= 4 is 107 Å². The first-order chi connectivity index (χ1) is 55.0. The van der Waals surface area contributed by atoms with Crippen LogP contribution in [0, 0.1) is 17.8 Å². The second kappa shape index (κ2) is 47.7. The number of aliphatic carboxylic acids is 4. The normalized spacial score (nSPS) is 16.3. The second-order valence-electron chi connectivity index (χ2n) is 29.5. The number of carboxylic acids is 4. The van der Waals surface area contributed by atoms with Gasteiger partial charge in [-0.2, -0.15) is 0 Å². The Morgan fingerprint density at radius 3 is 1.17 bits per heavy atom. The summed E-state index contributed by atoms with van der Waals surface area (Å²) in [4.78, 5) is 244. The minimum Gasteiger partial charge on any atom is -0.481 e. The molecule has 0 radical (unpaired) electrons. The third kappa shape index (κ3) is 33.0. The van der Waals surface area contributed by atoms with E-state index >= 15 is 0 Å². The maximum Gasteiger partial charge on any atom is 0.326 e. The van der Waals surface area contributed by atoms with E-state index in [4.69, 9.17) is 5.73 Å². The van der Waals surface area contributed by atoms with Crippen LogP contribution < -0.4 is 74.9 Å². The highest BCUT2D eigenvalue weighted by Gasteiger charge is 2.43. The molecule has 3 aromatic carbocycles. The number of carboxylic acid groups (broad SMARTS) is 4. The highest BCUT2D eigenvalue weighted by atomic mass is 16.4. The van der Waals surface area contributed by atoms with Crippen LogP contribution in [-0.4, -0.2) is 264 Å². The summed E-state index contributed by atoms with van der Waals surface area (Å²) in [5.74, 6) is -23.0. The molecule has 14 amide bonds. The fourth-order valence-corrected chi connectivity index (χ4v) is 12.2. The number of nitrogens with two attached hydrogens (primary N) is 1. The van der Waals surface area contributed by atoms with E-state index in [0.29, 0.717) is 16.7 Å². The van der Waals surface area contributed by atoms with E-state index < -0.39 is 254 Å². The van der Waals surface area contributed by atoms with E-state index in [1.54, 1.807) is 119 Å². The van der Waals surface area contributed by atoms with Crippen molar-refractivity contribution in [3.63, 3.8) is 0 Å². The molecule has 16 atom stereocenters. The van der Waals surface area contributed by atoms with Crippen LogP contribution in [0.5, 0.6) is 0 Å². The van der Waals surface area contributed by atoms with Gasteiger partial charge in [0.2, 0.25) is 82.7 Å². The molecule has 40 nitrogen and oxygen atoms in total. The van der Waals surface area contributed by atoms with Crippen molar-refractivity contribution in [2.45, 2.75) is 223 Å². The van der Waals surface area contributed by atoms with Gasteiger partial charge in [0.1, 0.15) is 78.5 Å². The van der Waals surface area contributed by atoms with Crippen LogP contribution in [0.3, 0.4) is 0 Å². The van der Waals surface area contributed by atoms with Gasteiger partial charge in [0.25, 0.3) is 0 Å². The highest BCUT2D eigenvalue weighted by molar-refractivity contribution is 6.01. The number of carbonyl (C=O) groups excluding carboxylic acids is 14. The van der Waals surface area contributed by atoms with Gasteiger partial charge in [-0.15, -0.1) is 0 Å². The topological polar surface area (TPSA) is 635 Å². The fraction of sp³-hybridized carbons (Fsp3) is 0.532. The molecule has 1 aliphatic rings. The molecular weight excluding hydrogens is 1530 g/mol. The Labute approximate surface area is 674 Å². The van der Waals surface area contributed by atoms with Crippen molar-refractivity contribution in [1.82, 2.24) is 74.0 Å². The standard InChI is InChI=1S/C77H109N15O25/c1-38(2)30-53(77(116)117)87-66(105)48(31-44-20-13-10-14-21-44)82-65(104)47(27-28-57(98)99)81-73(112)61(39(3)4)89-56(97)37-80-72(111)63(42(8)94)90-69(108)51(35-59(102)103)83-70(109)54-26-19-29-92(54)76(115)52(33-46-24-17-12-18-25-46)86-67(106)50(34-58(100)101)85-75(114)64(43(9)95)91-68(107)49(32-45-22-15-11-16-23-45)84-74(113)62(40(5)6)88-55(96)36-79-71(110)60(78)41(7)93/h10-18,20-25,38-43,47-54,60-64,93-95H,19,26-37,78H2,1-9H3,(H,79,110)(H,80,111)(H,81,112)(H,82,104)(H,83,109)(H,84,113)(H,85,114)(H,86,106)(H,87,105)(H,88,96)(H,89,97)(H,90,108)(H,91,107)(H,98,99)(H,100,101)(H,102,103)(H,116,117)/t41-,42-,43-,47+,48+,49+,50+,51+,52+,53+,54+,60+,61+,62+,63+,64+/m1/s1. The molecule has 4 rings (SSSR count). The van der Waals surface area contributed by atoms with Crippen LogP contribution in [0.2, 0.25) is 0 Å². The van der Waals surface area contributed by atoms with Crippen molar-refractivity contribution in [2.75, 3.05) is 19.6 Å². The summed E-state index contributed by atoms with van der Waals surface area (Å²) in [5, 5.41) is 102. The number of carbonyl (C=O) groups is 18. The van der Waals surface area contributed by atoms with E-state index in [-0.39, 0.29) is 51.0 Å². The molecule has 0 aromatic heterocycles. The SMILES string of the molecule is CC(C)C[C@H](NC(=O)[C@H](Cc1ccccc1)NC(=O)[C@H](CCC(=O)O)NC(=O)[C@@H](NC(=O)CNC(=O)[C@@H](NC(=O)[C@H](CC(=O)O)NC(=O)[C@@H]1CCCN1C(=O)[C@H](Cc1ccccc1)NC(=O)[C@H](CC(=O)O)NC(=O)[C@@H](NC(=O)[C@H](Cc1ccccc1)NC(=O)[C@@H](NC(=O)CNC(=O)[C@@H](N)[C@@H](C)O)C(C)C)[C@@H](C)O)[C@@H](C)O)C(C)C)C(=O)O. The fourth-order valence-electron chi connectivity index (χ4n) is 12.2. The molecule has 3 aromatic rings. The average molecular weight is 1640 g/mol. The minimum atomic E-state index is -2.09. The van der Waals surface area contributed by atoms with Crippen LogP contribution in [0.1, 0.15) is 124 Å². The zero-order valence-corrected chi connectivity index (χ0v) is 66.3. The number of aliphatic hydroxyl groups excluding tert-OH is 3. The Balaban J connectivity index is 1.52. The molecule has 0 unspecified atom stereocenters. The average Bonchev–Trinajstić information content (AvgIpc) is 1.72. The van der Waals surface area contributed by atoms with Crippen molar-refractivity contribution < 1.29 is 122 Å². The molecule has 1 aliphatic heterocycles. The number of nitrogens with zero attached hydrogens (tertiary/aromatic N) is 1. The maximum absolute atomic E-state index is 14.9. The lowest BCUT2D eigenvalue weighted by Crippen LogP contribution is -2.62. The largest absolute Gasteiger partial charge is 0.481 e. The van der Waals surface area contributed by atoms with E-state index in [0.717, 1.165) is 18.7 Å². The van der Waals surface area contributed by atoms with E-state index in [1.165, 1.54) is 20.8 Å². The van der Waals surface area contributed by atoms with Crippen LogP contribution >= 0.6 is 0 Å². The van der Waals surface area contributed by atoms with Crippen molar-refractivity contribution in [3.8, 4) is 0 Å². The molecule has 0 spiro atoms. The molecule has 1 heterocycles. The molecule has 0 aliphatic carbocycles. The first-order valence-electron chi connectivity index (χ1n) is 38.0. The second-order valence-corrected chi connectivity index (χ2v) is 29.5. The molecule has 0 bridgehead atoms. The smallest absolute Gasteiger partial charge is 0.326 e. The van der Waals surface area contributed by atoms with Crippen LogP contribution in [-0.2, 0) is 106 Å². The van der Waals surface area contributed by atoms with Gasteiger partial charge in [-0.3, -0.25) is 81.5 Å². The summed E-state index contributed by atoms with van der Waals surface area (Å²) in [7, 11) is 0. The zero-order valence-electron chi connectivity index (χ0n) is 66.3. The van der Waals surface area contributed by atoms with Gasteiger partial charge in [-0.25, -0.2) is 4.79 Å². The van der Waals surface area contributed by atoms with Gasteiger partial charge in [0.15, 0.2) is 0 Å². The third-order valence-electron chi connectivity index (χ3n) is 18.5. The zero-order chi connectivity index (χ0) is 87.7. The summed E-state index contributed by atoms with van der Waals surface area (Å²) in [6.45, 7) is 11.0. The highest BCUT2D eigenvalue weighted by Crippen LogP contribution is 2.22. The Kier molecular flexibility index (Phi) is 39.7. The summed E-state index contributed by atoms with van der Waals surface area (Å²) in [6, 6.07) is 2.53. The number of amides is 14. The Hall–Kier alpha value is -12.0. The minimum absolute atomic E-state index is 0.0237. The first-order valence-corrected chi connectivity index (χ1v) is 38.0. The number of hydrogen-bond acceptors (Lipinski definition) is 22. The number of rotatable bonds is 48. The maximum atomic E-state index is 14.9. The monoisotopic (exact) mass is 1640 g/mol.